The highest BCUT2D eigenvalue weighted by molar-refractivity contribution is 8.18. The molecule has 0 spiro atoms. The molecule has 0 aliphatic carbocycles. The Labute approximate surface area is 138 Å². The van der Waals surface area contributed by atoms with Crippen molar-refractivity contribution in [2.75, 3.05) is 31.2 Å². The quantitative estimate of drug-likeness (QED) is 0.623. The van der Waals surface area contributed by atoms with E-state index in [1.54, 1.807) is 25.1 Å². The van der Waals surface area contributed by atoms with Crippen LogP contribution >= 0.6 is 11.8 Å². The van der Waals surface area contributed by atoms with Crippen LogP contribution in [-0.4, -0.2) is 48.4 Å². The van der Waals surface area contributed by atoms with Gasteiger partial charge in [0.05, 0.1) is 24.2 Å². The van der Waals surface area contributed by atoms with Crippen molar-refractivity contribution in [1.29, 1.82) is 0 Å². The van der Waals surface area contributed by atoms with Gasteiger partial charge in [-0.3, -0.25) is 14.5 Å². The Bertz CT molecular complexity index is 661. The lowest BCUT2D eigenvalue weighted by atomic mass is 10.3. The van der Waals surface area contributed by atoms with Gasteiger partial charge in [-0.1, -0.05) is 6.08 Å². The molecule has 0 aromatic carbocycles. The summed E-state index contributed by atoms with van der Waals surface area (Å²) in [6.07, 6.45) is 3.19. The molecular formula is C16H18N2O4S. The summed E-state index contributed by atoms with van der Waals surface area (Å²) in [6.45, 7) is 8.29. The lowest BCUT2D eigenvalue weighted by Gasteiger charge is -2.26. The van der Waals surface area contributed by atoms with Gasteiger partial charge in [0.1, 0.15) is 5.76 Å². The van der Waals surface area contributed by atoms with Gasteiger partial charge in [-0.15, -0.1) is 6.58 Å². The van der Waals surface area contributed by atoms with Crippen LogP contribution in [0.4, 0.5) is 10.7 Å². The Balaban J connectivity index is 1.77. The first-order chi connectivity index (χ1) is 11.1. The predicted molar refractivity (Wildman–Crippen MR) is 89.2 cm³/mol. The maximum absolute atomic E-state index is 12.3. The van der Waals surface area contributed by atoms with Gasteiger partial charge in [-0.25, -0.2) is 0 Å². The monoisotopic (exact) mass is 334 g/mol. The second kappa shape index (κ2) is 6.64. The number of nitrogens with zero attached hydrogens (tertiary/aromatic N) is 2. The van der Waals surface area contributed by atoms with E-state index in [9.17, 15) is 9.59 Å². The highest BCUT2D eigenvalue weighted by atomic mass is 32.2. The van der Waals surface area contributed by atoms with Crippen LogP contribution in [0.1, 0.15) is 12.7 Å². The zero-order valence-electron chi connectivity index (χ0n) is 12.9. The summed E-state index contributed by atoms with van der Waals surface area (Å²) < 4.78 is 11.1. The highest BCUT2D eigenvalue weighted by Crippen LogP contribution is 2.34. The van der Waals surface area contributed by atoms with Crippen molar-refractivity contribution >= 4 is 34.9 Å². The van der Waals surface area contributed by atoms with Crippen molar-refractivity contribution in [3.63, 3.8) is 0 Å². The maximum Gasteiger partial charge on any atom is 0.294 e. The van der Waals surface area contributed by atoms with Crippen LogP contribution in [0.2, 0.25) is 0 Å². The SMILES string of the molecule is C=C[C@@H](C)N1C(=O)S/C(=C/c2ccc(N3CCOCC3)o2)C1=O. The number of anilines is 1. The summed E-state index contributed by atoms with van der Waals surface area (Å²) in [5.74, 6) is 0.998. The van der Waals surface area contributed by atoms with E-state index in [-0.39, 0.29) is 17.2 Å². The number of carbonyl (C=O) groups is 2. The Morgan fingerprint density at radius 3 is 2.74 bits per heavy atom. The second-order valence-corrected chi connectivity index (χ2v) is 6.30. The van der Waals surface area contributed by atoms with Gasteiger partial charge in [0.2, 0.25) is 0 Å². The molecule has 1 aromatic rings. The fourth-order valence-corrected chi connectivity index (χ4v) is 3.34. The minimum absolute atomic E-state index is 0.284. The zero-order chi connectivity index (χ0) is 16.4. The molecule has 2 amide bonds. The number of rotatable bonds is 4. The lowest BCUT2D eigenvalue weighted by molar-refractivity contribution is -0.123. The van der Waals surface area contributed by atoms with Gasteiger partial charge >= 0.3 is 0 Å². The van der Waals surface area contributed by atoms with Crippen molar-refractivity contribution in [3.05, 3.63) is 35.5 Å². The van der Waals surface area contributed by atoms with E-state index in [1.807, 2.05) is 6.07 Å². The van der Waals surface area contributed by atoms with Crippen LogP contribution in [0.5, 0.6) is 0 Å². The van der Waals surface area contributed by atoms with Crippen LogP contribution in [0.15, 0.2) is 34.1 Å². The van der Waals surface area contributed by atoms with E-state index in [0.29, 0.717) is 23.9 Å². The summed E-state index contributed by atoms with van der Waals surface area (Å²) in [6, 6.07) is 3.35. The molecule has 3 heterocycles. The standard InChI is InChI=1S/C16H18N2O4S/c1-3-11(2)18-15(19)13(23-16(18)20)10-12-4-5-14(22-12)17-6-8-21-9-7-17/h3-5,10-11H,1,6-9H2,2H3/b13-10+/t11-/m1/s1. The molecule has 0 N–H and O–H groups in total. The molecule has 2 saturated heterocycles. The van der Waals surface area contributed by atoms with Crippen LogP contribution in [0.25, 0.3) is 6.08 Å². The van der Waals surface area contributed by atoms with E-state index in [4.69, 9.17) is 9.15 Å². The largest absolute Gasteiger partial charge is 0.441 e. The van der Waals surface area contributed by atoms with Crippen LogP contribution < -0.4 is 4.90 Å². The molecule has 1 aromatic heterocycles. The lowest BCUT2D eigenvalue weighted by Crippen LogP contribution is -2.35. The summed E-state index contributed by atoms with van der Waals surface area (Å²) >= 11 is 0.922. The zero-order valence-corrected chi connectivity index (χ0v) is 13.7. The molecule has 23 heavy (non-hydrogen) atoms. The molecule has 0 radical (unpaired) electrons. The Hall–Kier alpha value is -1.99. The molecule has 2 aliphatic heterocycles. The van der Waals surface area contributed by atoms with Crippen molar-refractivity contribution in [1.82, 2.24) is 4.90 Å². The fraction of sp³-hybridized carbons (Fsp3) is 0.375. The summed E-state index contributed by atoms with van der Waals surface area (Å²) in [4.78, 5) is 28.0. The van der Waals surface area contributed by atoms with Gasteiger partial charge in [0.15, 0.2) is 5.88 Å². The molecule has 0 saturated carbocycles. The first kappa shape index (κ1) is 15.9. The van der Waals surface area contributed by atoms with Crippen LogP contribution in [-0.2, 0) is 9.53 Å². The maximum atomic E-state index is 12.3. The van der Waals surface area contributed by atoms with Crippen molar-refractivity contribution in [2.45, 2.75) is 13.0 Å². The molecule has 2 aliphatic rings. The molecule has 0 unspecified atom stereocenters. The molecule has 1 atom stereocenters. The molecule has 122 valence electrons. The number of imide groups is 1. The molecule has 0 bridgehead atoms. The summed E-state index contributed by atoms with van der Waals surface area (Å²) in [5.41, 5.74) is 0. The minimum Gasteiger partial charge on any atom is -0.441 e. The van der Waals surface area contributed by atoms with Gasteiger partial charge in [-0.05, 0) is 24.8 Å². The number of ether oxygens (including phenoxy) is 1. The number of hydrogen-bond acceptors (Lipinski definition) is 6. The van der Waals surface area contributed by atoms with Crippen molar-refractivity contribution < 1.29 is 18.7 Å². The van der Waals surface area contributed by atoms with Crippen molar-refractivity contribution in [2.24, 2.45) is 0 Å². The topological polar surface area (TPSA) is 63.0 Å². The summed E-state index contributed by atoms with van der Waals surface area (Å²) in [5, 5.41) is -0.284. The van der Waals surface area contributed by atoms with E-state index in [1.165, 1.54) is 4.90 Å². The Kier molecular flexibility index (Phi) is 4.58. The Morgan fingerprint density at radius 1 is 1.30 bits per heavy atom. The minimum atomic E-state index is -0.325. The van der Waals surface area contributed by atoms with Gasteiger partial charge in [0.25, 0.3) is 11.1 Å². The fourth-order valence-electron chi connectivity index (χ4n) is 2.44. The van der Waals surface area contributed by atoms with Crippen molar-refractivity contribution in [3.8, 4) is 0 Å². The van der Waals surface area contributed by atoms with Crippen LogP contribution in [0, 0.1) is 0 Å². The molecule has 2 fully saturated rings. The molecule has 7 heteroatoms. The number of amides is 2. The third-order valence-corrected chi connectivity index (χ3v) is 4.66. The van der Waals surface area contributed by atoms with Gasteiger partial charge in [-0.2, -0.15) is 0 Å². The van der Waals surface area contributed by atoms with E-state index in [2.05, 4.69) is 11.5 Å². The van der Waals surface area contributed by atoms with Gasteiger partial charge < -0.3 is 14.1 Å². The number of morpholine rings is 1. The number of hydrogen-bond donors (Lipinski definition) is 0. The first-order valence-electron chi connectivity index (χ1n) is 7.42. The number of thioether (sulfide) groups is 1. The third-order valence-electron chi connectivity index (χ3n) is 3.78. The average Bonchev–Trinajstić information content (AvgIpc) is 3.13. The average molecular weight is 334 g/mol. The van der Waals surface area contributed by atoms with Gasteiger partial charge in [0, 0.05) is 25.2 Å². The van der Waals surface area contributed by atoms with Crippen LogP contribution in [0.3, 0.4) is 0 Å². The number of furan rings is 1. The smallest absolute Gasteiger partial charge is 0.294 e. The highest BCUT2D eigenvalue weighted by Gasteiger charge is 2.37. The first-order valence-corrected chi connectivity index (χ1v) is 8.24. The molecular weight excluding hydrogens is 316 g/mol. The van der Waals surface area contributed by atoms with E-state index in [0.717, 1.165) is 30.7 Å². The number of carbonyl (C=O) groups excluding carboxylic acids is 2. The normalized spacial score (nSPS) is 22.0. The molecule has 3 rings (SSSR count). The summed E-state index contributed by atoms with van der Waals surface area (Å²) in [7, 11) is 0. The molecule has 6 nitrogen and oxygen atoms in total. The van der Waals surface area contributed by atoms with E-state index >= 15 is 0 Å². The third kappa shape index (κ3) is 3.20. The van der Waals surface area contributed by atoms with E-state index < -0.39 is 0 Å². The predicted octanol–water partition coefficient (Wildman–Crippen LogP) is 2.73. The Morgan fingerprint density at radius 2 is 2.04 bits per heavy atom. The second-order valence-electron chi connectivity index (χ2n) is 5.30.